The van der Waals surface area contributed by atoms with Crippen molar-refractivity contribution in [2.75, 3.05) is 13.2 Å². The van der Waals surface area contributed by atoms with Gasteiger partial charge >= 0.3 is 0 Å². The van der Waals surface area contributed by atoms with E-state index in [-0.39, 0.29) is 5.82 Å². The van der Waals surface area contributed by atoms with Gasteiger partial charge in [-0.2, -0.15) is 0 Å². The monoisotopic (exact) mass is 370 g/mol. The van der Waals surface area contributed by atoms with Crippen LogP contribution in [0.25, 0.3) is 0 Å². The third kappa shape index (κ3) is 3.01. The molecule has 0 radical (unpaired) electrons. The minimum absolute atomic E-state index is 0.326. The summed E-state index contributed by atoms with van der Waals surface area (Å²) in [6.07, 6.45) is 0.851. The highest BCUT2D eigenvalue weighted by Crippen LogP contribution is 2.39. The van der Waals surface area contributed by atoms with Crippen molar-refractivity contribution >= 4 is 27.5 Å². The average molecular weight is 372 g/mol. The standard InChI is InChI=1S/C16H13BrClFO2/c17-15-11(3-1-4-12(15)19)16(18)10-5-6-13-14(9-10)21-8-2-7-20-13/h1,3-6,9,16H,2,7-8H2. The third-order valence-corrected chi connectivity index (χ3v) is 4.64. The van der Waals surface area contributed by atoms with Gasteiger partial charge in [-0.25, -0.2) is 4.39 Å². The van der Waals surface area contributed by atoms with Crippen LogP contribution in [0.1, 0.15) is 22.9 Å². The molecule has 0 amide bonds. The van der Waals surface area contributed by atoms with Crippen LogP contribution in [0.2, 0.25) is 0 Å². The summed E-state index contributed by atoms with van der Waals surface area (Å²) in [5.74, 6) is 1.08. The first-order chi connectivity index (χ1) is 10.2. The van der Waals surface area contributed by atoms with Crippen molar-refractivity contribution in [1.82, 2.24) is 0 Å². The van der Waals surface area contributed by atoms with Crippen LogP contribution < -0.4 is 9.47 Å². The van der Waals surface area contributed by atoms with Crippen LogP contribution in [-0.2, 0) is 0 Å². The zero-order valence-electron chi connectivity index (χ0n) is 11.1. The molecule has 2 nitrogen and oxygen atoms in total. The smallest absolute Gasteiger partial charge is 0.161 e. The molecule has 0 aliphatic carbocycles. The zero-order valence-corrected chi connectivity index (χ0v) is 13.5. The van der Waals surface area contributed by atoms with Crippen molar-refractivity contribution in [3.63, 3.8) is 0 Å². The van der Waals surface area contributed by atoms with Gasteiger partial charge in [0.2, 0.25) is 0 Å². The van der Waals surface area contributed by atoms with Crippen molar-refractivity contribution in [2.45, 2.75) is 11.8 Å². The Morgan fingerprint density at radius 2 is 1.86 bits per heavy atom. The molecule has 3 rings (SSSR count). The lowest BCUT2D eigenvalue weighted by molar-refractivity contribution is 0.297. The van der Waals surface area contributed by atoms with Gasteiger partial charge < -0.3 is 9.47 Å². The molecule has 1 aliphatic heterocycles. The summed E-state index contributed by atoms with van der Waals surface area (Å²) < 4.78 is 25.3. The van der Waals surface area contributed by atoms with Crippen LogP contribution >= 0.6 is 27.5 Å². The first-order valence-corrected chi connectivity index (χ1v) is 7.87. The molecule has 1 heterocycles. The number of ether oxygens (including phenoxy) is 2. The van der Waals surface area contributed by atoms with Gasteiger partial charge in [0.15, 0.2) is 11.5 Å². The van der Waals surface area contributed by atoms with Crippen LogP contribution in [0.5, 0.6) is 11.5 Å². The minimum atomic E-state index is -0.466. The highest BCUT2D eigenvalue weighted by atomic mass is 79.9. The van der Waals surface area contributed by atoms with Crippen molar-refractivity contribution < 1.29 is 13.9 Å². The second kappa shape index (κ2) is 6.24. The van der Waals surface area contributed by atoms with E-state index in [1.807, 2.05) is 18.2 Å². The van der Waals surface area contributed by atoms with Crippen LogP contribution in [0, 0.1) is 5.82 Å². The lowest BCUT2D eigenvalue weighted by atomic mass is 10.0. The Balaban J connectivity index is 1.96. The Morgan fingerprint density at radius 3 is 2.67 bits per heavy atom. The molecule has 0 aromatic heterocycles. The number of hydrogen-bond acceptors (Lipinski definition) is 2. The molecule has 0 saturated carbocycles. The predicted molar refractivity (Wildman–Crippen MR) is 83.8 cm³/mol. The Kier molecular flexibility index (Phi) is 4.36. The fraction of sp³-hybridized carbons (Fsp3) is 0.250. The van der Waals surface area contributed by atoms with Crippen molar-refractivity contribution in [3.8, 4) is 11.5 Å². The highest BCUT2D eigenvalue weighted by Gasteiger charge is 2.19. The summed E-state index contributed by atoms with van der Waals surface area (Å²) >= 11 is 9.75. The number of benzene rings is 2. The quantitative estimate of drug-likeness (QED) is 0.686. The predicted octanol–water partition coefficient (Wildman–Crippen LogP) is 5.08. The minimum Gasteiger partial charge on any atom is -0.490 e. The summed E-state index contributed by atoms with van der Waals surface area (Å²) in [5.41, 5.74) is 1.53. The van der Waals surface area contributed by atoms with E-state index in [9.17, 15) is 4.39 Å². The lowest BCUT2D eigenvalue weighted by Gasteiger charge is -2.15. The molecule has 0 saturated heterocycles. The molecule has 1 unspecified atom stereocenters. The highest BCUT2D eigenvalue weighted by molar-refractivity contribution is 9.10. The number of hydrogen-bond donors (Lipinski definition) is 0. The molecule has 21 heavy (non-hydrogen) atoms. The molecule has 2 aromatic carbocycles. The second-order valence-electron chi connectivity index (χ2n) is 4.76. The maximum absolute atomic E-state index is 13.6. The van der Waals surface area contributed by atoms with E-state index in [1.165, 1.54) is 6.07 Å². The maximum Gasteiger partial charge on any atom is 0.161 e. The summed E-state index contributed by atoms with van der Waals surface area (Å²) in [6, 6.07) is 10.4. The molecule has 0 N–H and O–H groups in total. The van der Waals surface area contributed by atoms with Crippen molar-refractivity contribution in [1.29, 1.82) is 0 Å². The van der Waals surface area contributed by atoms with Gasteiger partial charge in [-0.3, -0.25) is 0 Å². The van der Waals surface area contributed by atoms with E-state index in [2.05, 4.69) is 15.9 Å². The van der Waals surface area contributed by atoms with Gasteiger partial charge in [-0.1, -0.05) is 18.2 Å². The van der Waals surface area contributed by atoms with E-state index < -0.39 is 5.38 Å². The molecule has 1 aliphatic rings. The molecule has 0 bridgehead atoms. The van der Waals surface area contributed by atoms with Gasteiger partial charge in [0.05, 0.1) is 23.1 Å². The van der Waals surface area contributed by atoms with Gasteiger partial charge in [0, 0.05) is 6.42 Å². The molecule has 5 heteroatoms. The van der Waals surface area contributed by atoms with E-state index in [0.29, 0.717) is 29.0 Å². The van der Waals surface area contributed by atoms with E-state index in [4.69, 9.17) is 21.1 Å². The molecule has 110 valence electrons. The molecule has 0 spiro atoms. The van der Waals surface area contributed by atoms with Gasteiger partial charge in [0.25, 0.3) is 0 Å². The van der Waals surface area contributed by atoms with E-state index in [0.717, 1.165) is 17.7 Å². The summed E-state index contributed by atoms with van der Waals surface area (Å²) in [4.78, 5) is 0. The van der Waals surface area contributed by atoms with Gasteiger partial charge in [-0.05, 0) is 45.3 Å². The van der Waals surface area contributed by atoms with E-state index in [1.54, 1.807) is 12.1 Å². The molecule has 0 fully saturated rings. The largest absolute Gasteiger partial charge is 0.490 e. The van der Waals surface area contributed by atoms with Crippen LogP contribution in [0.3, 0.4) is 0 Å². The molecular weight excluding hydrogens is 359 g/mol. The summed E-state index contributed by atoms with van der Waals surface area (Å²) in [7, 11) is 0. The number of halogens is 3. The van der Waals surface area contributed by atoms with E-state index >= 15 is 0 Å². The van der Waals surface area contributed by atoms with Crippen molar-refractivity contribution in [3.05, 3.63) is 57.8 Å². The lowest BCUT2D eigenvalue weighted by Crippen LogP contribution is -1.98. The van der Waals surface area contributed by atoms with Gasteiger partial charge in [-0.15, -0.1) is 11.6 Å². The summed E-state index contributed by atoms with van der Waals surface area (Å²) in [5, 5.41) is -0.466. The SMILES string of the molecule is Fc1cccc(C(Cl)c2ccc3c(c2)OCCCO3)c1Br. The van der Waals surface area contributed by atoms with Crippen LogP contribution in [-0.4, -0.2) is 13.2 Å². The number of fused-ring (bicyclic) bond motifs is 1. The zero-order chi connectivity index (χ0) is 14.8. The number of alkyl halides is 1. The fourth-order valence-corrected chi connectivity index (χ4v) is 3.18. The van der Waals surface area contributed by atoms with Crippen LogP contribution in [0.15, 0.2) is 40.9 Å². The normalized spacial score (nSPS) is 15.4. The molecular formula is C16H13BrClFO2. The fourth-order valence-electron chi connectivity index (χ4n) is 2.23. The molecule has 2 aromatic rings. The average Bonchev–Trinajstić information content (AvgIpc) is 2.74. The third-order valence-electron chi connectivity index (χ3n) is 3.32. The summed E-state index contributed by atoms with van der Waals surface area (Å²) in [6.45, 7) is 1.26. The Bertz CT molecular complexity index is 663. The second-order valence-corrected chi connectivity index (χ2v) is 5.99. The topological polar surface area (TPSA) is 18.5 Å². The Labute approximate surface area is 136 Å². The maximum atomic E-state index is 13.6. The van der Waals surface area contributed by atoms with Crippen molar-refractivity contribution in [2.24, 2.45) is 0 Å². The van der Waals surface area contributed by atoms with Crippen LogP contribution in [0.4, 0.5) is 4.39 Å². The molecule has 1 atom stereocenters. The Morgan fingerprint density at radius 1 is 1.10 bits per heavy atom. The Hall–Kier alpha value is -1.26. The van der Waals surface area contributed by atoms with Gasteiger partial charge in [0.1, 0.15) is 5.82 Å². The first kappa shape index (κ1) is 14.7. The first-order valence-electron chi connectivity index (χ1n) is 6.64. The number of rotatable bonds is 2.